The molecule has 0 aromatic carbocycles. The highest BCUT2D eigenvalue weighted by Crippen LogP contribution is 2.21. The number of aliphatic hydroxyl groups is 1. The molecule has 0 aliphatic rings. The van der Waals surface area contributed by atoms with Crippen molar-refractivity contribution < 1.29 is 34.1 Å². The van der Waals surface area contributed by atoms with Gasteiger partial charge in [-0.3, -0.25) is 14.4 Å². The van der Waals surface area contributed by atoms with E-state index in [1.807, 2.05) is 6.92 Å². The van der Waals surface area contributed by atoms with E-state index >= 15 is 0 Å². The fourth-order valence-electron chi connectivity index (χ4n) is 1.31. The van der Waals surface area contributed by atoms with E-state index in [1.165, 1.54) is 11.8 Å². The van der Waals surface area contributed by atoms with Crippen molar-refractivity contribution in [3.8, 4) is 0 Å². The summed E-state index contributed by atoms with van der Waals surface area (Å²) in [4.78, 5) is 33.9. The van der Waals surface area contributed by atoms with Crippen LogP contribution in [0.15, 0.2) is 0 Å². The number of carbonyl (C=O) groups is 3. The molecule has 0 aromatic rings. The molecule has 0 radical (unpaired) electrons. The summed E-state index contributed by atoms with van der Waals surface area (Å²) in [6.45, 7) is 6.52. The Balaban J connectivity index is 3.83. The minimum Gasteiger partial charge on any atom is -0.481 e. The molecule has 0 aliphatic heterocycles. The van der Waals surface area contributed by atoms with Gasteiger partial charge in [-0.2, -0.15) is 11.8 Å². The number of carboxylic acids is 1. The van der Waals surface area contributed by atoms with Crippen LogP contribution in [0.25, 0.3) is 0 Å². The highest BCUT2D eigenvalue weighted by molar-refractivity contribution is 7.99. The Morgan fingerprint density at radius 1 is 1.17 bits per heavy atom. The van der Waals surface area contributed by atoms with Crippen LogP contribution in [0.2, 0.25) is 0 Å². The molecule has 2 atom stereocenters. The number of hydrogen-bond acceptors (Lipinski definition) is 7. The third-order valence-electron chi connectivity index (χ3n) is 3.52. The smallest absolute Gasteiger partial charge is 0.311 e. The molecule has 0 aliphatic carbocycles. The zero-order chi connectivity index (χ0) is 18.8. The van der Waals surface area contributed by atoms with Crippen LogP contribution in [-0.4, -0.2) is 58.9 Å². The highest BCUT2D eigenvalue weighted by atomic mass is 32.2. The molecule has 7 nitrogen and oxygen atoms in total. The van der Waals surface area contributed by atoms with Gasteiger partial charge in [-0.1, -0.05) is 13.8 Å². The van der Waals surface area contributed by atoms with Crippen LogP contribution in [-0.2, 0) is 23.9 Å². The lowest BCUT2D eigenvalue weighted by Gasteiger charge is -2.21. The second-order valence-electron chi connectivity index (χ2n) is 6.24. The first kappa shape index (κ1) is 22.7. The van der Waals surface area contributed by atoms with Crippen molar-refractivity contribution in [1.29, 1.82) is 0 Å². The second-order valence-corrected chi connectivity index (χ2v) is 7.39. The summed E-state index contributed by atoms with van der Waals surface area (Å²) in [6, 6.07) is 0. The lowest BCUT2D eigenvalue weighted by atomic mass is 9.91. The zero-order valence-electron chi connectivity index (χ0n) is 14.7. The van der Waals surface area contributed by atoms with Crippen molar-refractivity contribution in [2.45, 2.75) is 46.6 Å². The van der Waals surface area contributed by atoms with Crippen molar-refractivity contribution in [3.63, 3.8) is 0 Å². The third-order valence-corrected chi connectivity index (χ3v) is 4.75. The fraction of sp³-hybridized carbons (Fsp3) is 0.812. The topological polar surface area (TPSA) is 110 Å². The van der Waals surface area contributed by atoms with E-state index in [-0.39, 0.29) is 19.6 Å². The van der Waals surface area contributed by atoms with E-state index < -0.39 is 35.3 Å². The van der Waals surface area contributed by atoms with Crippen LogP contribution in [0, 0.1) is 11.3 Å². The van der Waals surface area contributed by atoms with Gasteiger partial charge in [0.05, 0.1) is 17.8 Å². The number of carboxylic acid groups (broad SMARTS) is 1. The van der Waals surface area contributed by atoms with Crippen LogP contribution in [0.1, 0.15) is 40.5 Å². The standard InChI is InChI=1S/C16H28O7S/c1-5-16(3,4)15(21)23-9-12(17)8-22-13(18)6-7-24-10-11(2)14(19)20/h11-12,17H,5-10H2,1-4H3,(H,19,20). The molecule has 0 saturated heterocycles. The first-order chi connectivity index (χ1) is 11.1. The number of rotatable bonds is 12. The first-order valence-corrected chi connectivity index (χ1v) is 9.07. The molecule has 0 bridgehead atoms. The monoisotopic (exact) mass is 364 g/mol. The van der Waals surface area contributed by atoms with E-state index in [0.29, 0.717) is 17.9 Å². The van der Waals surface area contributed by atoms with Gasteiger partial charge < -0.3 is 19.7 Å². The molecule has 24 heavy (non-hydrogen) atoms. The molecule has 0 amide bonds. The molecular weight excluding hydrogens is 336 g/mol. The predicted octanol–water partition coefficient (Wildman–Crippen LogP) is 1.71. The molecule has 8 heteroatoms. The lowest BCUT2D eigenvalue weighted by Crippen LogP contribution is -2.31. The summed E-state index contributed by atoms with van der Waals surface area (Å²) < 4.78 is 9.89. The number of carbonyl (C=O) groups excluding carboxylic acids is 2. The molecular formula is C16H28O7S. The number of hydrogen-bond donors (Lipinski definition) is 2. The summed E-state index contributed by atoms with van der Waals surface area (Å²) in [6.07, 6.45) is -0.313. The van der Waals surface area contributed by atoms with Crippen molar-refractivity contribution >= 4 is 29.7 Å². The van der Waals surface area contributed by atoms with E-state index in [4.69, 9.17) is 14.6 Å². The van der Waals surface area contributed by atoms with E-state index in [0.717, 1.165) is 0 Å². The second kappa shape index (κ2) is 11.3. The number of esters is 2. The van der Waals surface area contributed by atoms with Gasteiger partial charge in [0.2, 0.25) is 0 Å². The van der Waals surface area contributed by atoms with Gasteiger partial charge in [0.1, 0.15) is 19.3 Å². The predicted molar refractivity (Wildman–Crippen MR) is 90.7 cm³/mol. The van der Waals surface area contributed by atoms with E-state index in [2.05, 4.69) is 0 Å². The number of aliphatic carboxylic acids is 1. The minimum absolute atomic E-state index is 0.131. The van der Waals surface area contributed by atoms with Gasteiger partial charge in [-0.15, -0.1) is 0 Å². The Kier molecular flexibility index (Phi) is 10.7. The Hall–Kier alpha value is -1.28. The molecule has 0 heterocycles. The van der Waals surface area contributed by atoms with Crippen LogP contribution >= 0.6 is 11.8 Å². The zero-order valence-corrected chi connectivity index (χ0v) is 15.6. The molecule has 0 aromatic heterocycles. The molecule has 0 rings (SSSR count). The normalized spacial score (nSPS) is 13.9. The summed E-state index contributed by atoms with van der Waals surface area (Å²) >= 11 is 1.36. The molecule has 0 spiro atoms. The maximum Gasteiger partial charge on any atom is 0.311 e. The van der Waals surface area contributed by atoms with E-state index in [1.54, 1.807) is 20.8 Å². The molecule has 2 unspecified atom stereocenters. The Bertz CT molecular complexity index is 423. The van der Waals surface area contributed by atoms with Crippen molar-refractivity contribution in [2.75, 3.05) is 24.7 Å². The fourth-order valence-corrected chi connectivity index (χ4v) is 2.28. The van der Waals surface area contributed by atoms with E-state index in [9.17, 15) is 19.5 Å². The highest BCUT2D eigenvalue weighted by Gasteiger charge is 2.27. The first-order valence-electron chi connectivity index (χ1n) is 7.91. The molecule has 140 valence electrons. The maximum atomic E-state index is 11.7. The SMILES string of the molecule is CCC(C)(C)C(=O)OCC(O)COC(=O)CCSCC(C)C(=O)O. The third kappa shape index (κ3) is 9.77. The van der Waals surface area contributed by atoms with Gasteiger partial charge in [-0.25, -0.2) is 0 Å². The van der Waals surface area contributed by atoms with Gasteiger partial charge in [-0.05, 0) is 20.3 Å². The Morgan fingerprint density at radius 3 is 2.29 bits per heavy atom. The summed E-state index contributed by atoms with van der Waals surface area (Å²) in [5.74, 6) is -1.34. The summed E-state index contributed by atoms with van der Waals surface area (Å²) in [7, 11) is 0. The molecule has 2 N–H and O–H groups in total. The van der Waals surface area contributed by atoms with Crippen LogP contribution in [0.3, 0.4) is 0 Å². The van der Waals surface area contributed by atoms with Crippen LogP contribution < -0.4 is 0 Å². The average molecular weight is 364 g/mol. The van der Waals surface area contributed by atoms with Crippen LogP contribution in [0.4, 0.5) is 0 Å². The van der Waals surface area contributed by atoms with Gasteiger partial charge in [0, 0.05) is 11.5 Å². The maximum absolute atomic E-state index is 11.7. The van der Waals surface area contributed by atoms with Crippen LogP contribution in [0.5, 0.6) is 0 Å². The van der Waals surface area contributed by atoms with Gasteiger partial charge >= 0.3 is 17.9 Å². The lowest BCUT2D eigenvalue weighted by molar-refractivity contribution is -0.159. The average Bonchev–Trinajstić information content (AvgIpc) is 2.53. The Morgan fingerprint density at radius 2 is 1.75 bits per heavy atom. The molecule has 0 saturated carbocycles. The summed E-state index contributed by atoms with van der Waals surface area (Å²) in [5.41, 5.74) is -0.610. The quantitative estimate of drug-likeness (QED) is 0.398. The largest absolute Gasteiger partial charge is 0.481 e. The van der Waals surface area contributed by atoms with Crippen molar-refractivity contribution in [1.82, 2.24) is 0 Å². The van der Waals surface area contributed by atoms with Crippen molar-refractivity contribution in [2.24, 2.45) is 11.3 Å². The van der Waals surface area contributed by atoms with Gasteiger partial charge in [0.15, 0.2) is 0 Å². The number of ether oxygens (including phenoxy) is 2. The number of thioether (sulfide) groups is 1. The minimum atomic E-state index is -1.06. The summed E-state index contributed by atoms with van der Waals surface area (Å²) in [5, 5.41) is 18.4. The number of aliphatic hydroxyl groups excluding tert-OH is 1. The van der Waals surface area contributed by atoms with Gasteiger partial charge in [0.25, 0.3) is 0 Å². The molecule has 0 fully saturated rings. The Labute approximate surface area is 147 Å². The van der Waals surface area contributed by atoms with Crippen molar-refractivity contribution in [3.05, 3.63) is 0 Å².